The van der Waals surface area contributed by atoms with E-state index in [1.807, 2.05) is 24.3 Å². The van der Waals surface area contributed by atoms with Crippen LogP contribution < -0.4 is 16.2 Å². The number of carbonyl (C=O) groups excluding carboxylic acids is 2. The molecular formula is C22H21N5O3. The second kappa shape index (κ2) is 10.5. The normalized spacial score (nSPS) is 10.6. The number of ketones is 1. The molecule has 2 aromatic heterocycles. The monoisotopic (exact) mass is 403 g/mol. The van der Waals surface area contributed by atoms with Crippen molar-refractivity contribution in [3.8, 4) is 0 Å². The number of nitrogens with one attached hydrogen (secondary N) is 1. The Morgan fingerprint density at radius 3 is 2.40 bits per heavy atom. The SMILES string of the molecule is NN(CCOC(=O)Nc1ccc(C(=O)/C=C/c2ccccn2)cc1)c1ccccn1. The number of hydrogen-bond acceptors (Lipinski definition) is 7. The molecule has 0 unspecified atom stereocenters. The van der Waals surface area contributed by atoms with Crippen LogP contribution in [0.15, 0.2) is 79.1 Å². The number of ether oxygens (including phenoxy) is 1. The lowest BCUT2D eigenvalue weighted by molar-refractivity contribution is 0.104. The van der Waals surface area contributed by atoms with Crippen LogP contribution in [-0.2, 0) is 4.74 Å². The molecule has 3 rings (SSSR count). The molecule has 0 spiro atoms. The average Bonchev–Trinajstić information content (AvgIpc) is 2.79. The molecule has 0 aliphatic heterocycles. The molecule has 30 heavy (non-hydrogen) atoms. The zero-order valence-corrected chi connectivity index (χ0v) is 16.1. The first-order chi connectivity index (χ1) is 14.6. The van der Waals surface area contributed by atoms with E-state index in [0.717, 1.165) is 0 Å². The summed E-state index contributed by atoms with van der Waals surface area (Å²) in [5.74, 6) is 6.28. The van der Waals surface area contributed by atoms with Gasteiger partial charge in [0.05, 0.1) is 12.2 Å². The number of nitrogens with two attached hydrogens (primary N) is 1. The number of hydrogen-bond donors (Lipinski definition) is 2. The van der Waals surface area contributed by atoms with E-state index in [0.29, 0.717) is 29.3 Å². The van der Waals surface area contributed by atoms with Crippen molar-refractivity contribution in [1.82, 2.24) is 9.97 Å². The average molecular weight is 403 g/mol. The summed E-state index contributed by atoms with van der Waals surface area (Å²) in [6.07, 6.45) is 5.79. The fourth-order valence-electron chi connectivity index (χ4n) is 2.48. The van der Waals surface area contributed by atoms with Gasteiger partial charge in [-0.25, -0.2) is 15.6 Å². The van der Waals surface area contributed by atoms with E-state index in [9.17, 15) is 9.59 Å². The highest BCUT2D eigenvalue weighted by atomic mass is 16.5. The third kappa shape index (κ3) is 6.25. The van der Waals surface area contributed by atoms with Crippen LogP contribution in [0.25, 0.3) is 6.08 Å². The van der Waals surface area contributed by atoms with E-state index >= 15 is 0 Å². The molecule has 0 atom stereocenters. The number of allylic oxidation sites excluding steroid dienone is 1. The first-order valence-corrected chi connectivity index (χ1v) is 9.22. The Bertz CT molecular complexity index is 992. The molecule has 0 bridgehead atoms. The summed E-state index contributed by atoms with van der Waals surface area (Å²) in [5.41, 5.74) is 1.71. The summed E-state index contributed by atoms with van der Waals surface area (Å²) in [6.45, 7) is 0.383. The highest BCUT2D eigenvalue weighted by Gasteiger charge is 2.07. The molecule has 1 amide bonds. The van der Waals surface area contributed by atoms with Crippen LogP contribution in [0.3, 0.4) is 0 Å². The zero-order chi connectivity index (χ0) is 21.2. The summed E-state index contributed by atoms with van der Waals surface area (Å²) in [7, 11) is 0. The molecule has 3 aromatic rings. The van der Waals surface area contributed by atoms with Crippen molar-refractivity contribution in [3.63, 3.8) is 0 Å². The van der Waals surface area contributed by atoms with Crippen molar-refractivity contribution in [2.24, 2.45) is 5.84 Å². The first kappa shape index (κ1) is 20.7. The van der Waals surface area contributed by atoms with Gasteiger partial charge in [0.2, 0.25) is 0 Å². The van der Waals surface area contributed by atoms with Crippen LogP contribution in [0.4, 0.5) is 16.3 Å². The quantitative estimate of drug-likeness (QED) is 0.257. The molecule has 0 aliphatic carbocycles. The molecule has 8 nitrogen and oxygen atoms in total. The number of pyridine rings is 2. The zero-order valence-electron chi connectivity index (χ0n) is 16.1. The third-order valence-electron chi connectivity index (χ3n) is 4.02. The second-order valence-electron chi connectivity index (χ2n) is 6.17. The lowest BCUT2D eigenvalue weighted by atomic mass is 10.1. The molecule has 0 saturated heterocycles. The molecule has 1 aromatic carbocycles. The van der Waals surface area contributed by atoms with E-state index in [1.165, 1.54) is 11.1 Å². The lowest BCUT2D eigenvalue weighted by Gasteiger charge is -2.17. The molecule has 0 saturated carbocycles. The number of benzene rings is 1. The van der Waals surface area contributed by atoms with E-state index in [2.05, 4.69) is 15.3 Å². The molecule has 3 N–H and O–H groups in total. The van der Waals surface area contributed by atoms with Crippen molar-refractivity contribution in [2.45, 2.75) is 0 Å². The van der Waals surface area contributed by atoms with Crippen LogP contribution in [0, 0.1) is 0 Å². The molecule has 152 valence electrons. The number of aromatic nitrogens is 2. The second-order valence-corrected chi connectivity index (χ2v) is 6.17. The van der Waals surface area contributed by atoms with E-state index in [-0.39, 0.29) is 12.4 Å². The Morgan fingerprint density at radius 1 is 1.00 bits per heavy atom. The van der Waals surface area contributed by atoms with E-state index in [4.69, 9.17) is 10.6 Å². The van der Waals surface area contributed by atoms with Gasteiger partial charge in [0.25, 0.3) is 0 Å². The predicted molar refractivity (Wildman–Crippen MR) is 115 cm³/mol. The number of nitrogens with zero attached hydrogens (tertiary/aromatic N) is 3. The minimum atomic E-state index is -0.612. The van der Waals surface area contributed by atoms with Crippen molar-refractivity contribution < 1.29 is 14.3 Å². The number of hydrazine groups is 1. The Labute approximate surface area is 174 Å². The van der Waals surface area contributed by atoms with Gasteiger partial charge in [0.1, 0.15) is 12.4 Å². The summed E-state index contributed by atoms with van der Waals surface area (Å²) < 4.78 is 5.12. The van der Waals surface area contributed by atoms with Crippen molar-refractivity contribution >= 4 is 29.5 Å². The molecular weight excluding hydrogens is 382 g/mol. The molecule has 0 radical (unpaired) electrons. The third-order valence-corrected chi connectivity index (χ3v) is 4.02. The van der Waals surface area contributed by atoms with Gasteiger partial charge in [-0.05, 0) is 60.7 Å². The van der Waals surface area contributed by atoms with Gasteiger partial charge < -0.3 is 4.74 Å². The Balaban J connectivity index is 1.45. The fraction of sp³-hybridized carbons (Fsp3) is 0.0909. The number of rotatable bonds is 8. The van der Waals surface area contributed by atoms with E-state index in [1.54, 1.807) is 54.9 Å². The largest absolute Gasteiger partial charge is 0.447 e. The van der Waals surface area contributed by atoms with Crippen molar-refractivity contribution in [2.75, 3.05) is 23.5 Å². The maximum absolute atomic E-state index is 12.2. The van der Waals surface area contributed by atoms with Gasteiger partial charge >= 0.3 is 6.09 Å². The fourth-order valence-corrected chi connectivity index (χ4v) is 2.48. The van der Waals surface area contributed by atoms with Gasteiger partial charge in [-0.15, -0.1) is 0 Å². The maximum atomic E-state index is 12.2. The summed E-state index contributed by atoms with van der Waals surface area (Å²) in [6, 6.07) is 17.3. The predicted octanol–water partition coefficient (Wildman–Crippen LogP) is 3.30. The Hall–Kier alpha value is -4.04. The summed E-state index contributed by atoms with van der Waals surface area (Å²) >= 11 is 0. The van der Waals surface area contributed by atoms with Crippen LogP contribution in [-0.4, -0.2) is 35.0 Å². The first-order valence-electron chi connectivity index (χ1n) is 9.22. The highest BCUT2D eigenvalue weighted by molar-refractivity contribution is 6.07. The standard InChI is InChI=1S/C22H21N5O3/c23-27(21-6-2-4-14-25-21)15-16-30-22(29)26-19-9-7-17(8-10-19)20(28)12-11-18-5-1-3-13-24-18/h1-14H,15-16,23H2,(H,26,29)/b12-11+. The van der Waals surface area contributed by atoms with Gasteiger partial charge in [-0.3, -0.25) is 20.1 Å². The van der Waals surface area contributed by atoms with Gasteiger partial charge in [-0.1, -0.05) is 12.1 Å². The topological polar surface area (TPSA) is 110 Å². The van der Waals surface area contributed by atoms with Gasteiger partial charge in [0, 0.05) is 23.6 Å². The van der Waals surface area contributed by atoms with Crippen LogP contribution in [0.1, 0.15) is 16.1 Å². The number of carbonyl (C=O) groups is 2. The maximum Gasteiger partial charge on any atom is 0.411 e. The van der Waals surface area contributed by atoms with Crippen LogP contribution >= 0.6 is 0 Å². The summed E-state index contributed by atoms with van der Waals surface area (Å²) in [4.78, 5) is 32.4. The molecule has 2 heterocycles. The summed E-state index contributed by atoms with van der Waals surface area (Å²) in [5, 5.41) is 4.00. The molecule has 0 fully saturated rings. The molecule has 8 heteroatoms. The minimum Gasteiger partial charge on any atom is -0.447 e. The smallest absolute Gasteiger partial charge is 0.411 e. The van der Waals surface area contributed by atoms with Crippen molar-refractivity contribution in [1.29, 1.82) is 0 Å². The highest BCUT2D eigenvalue weighted by Crippen LogP contribution is 2.12. The van der Waals surface area contributed by atoms with Gasteiger partial charge in [0.15, 0.2) is 5.78 Å². The van der Waals surface area contributed by atoms with E-state index < -0.39 is 6.09 Å². The van der Waals surface area contributed by atoms with Crippen LogP contribution in [0.5, 0.6) is 0 Å². The van der Waals surface area contributed by atoms with Crippen molar-refractivity contribution in [3.05, 3.63) is 90.4 Å². The van der Waals surface area contributed by atoms with Gasteiger partial charge in [-0.2, -0.15) is 0 Å². The Morgan fingerprint density at radius 2 is 1.73 bits per heavy atom. The number of amides is 1. The number of anilines is 2. The minimum absolute atomic E-state index is 0.0911. The lowest BCUT2D eigenvalue weighted by Crippen LogP contribution is -2.35. The molecule has 0 aliphatic rings. The Kier molecular flexibility index (Phi) is 7.23. The van der Waals surface area contributed by atoms with Crippen LogP contribution in [0.2, 0.25) is 0 Å².